The molecule has 44 heavy (non-hydrogen) atoms. The van der Waals surface area contributed by atoms with Crippen molar-refractivity contribution in [2.75, 3.05) is 41.5 Å². The molecule has 9 heteroatoms. The van der Waals surface area contributed by atoms with Gasteiger partial charge in [0.05, 0.1) is 28.4 Å². The number of amides is 2. The maximum absolute atomic E-state index is 14.1. The van der Waals surface area contributed by atoms with Crippen LogP contribution in [0.2, 0.25) is 0 Å². The minimum atomic E-state index is -0.971. The third-order valence-corrected chi connectivity index (χ3v) is 7.40. The Morgan fingerprint density at radius 3 is 2.20 bits per heavy atom. The third kappa shape index (κ3) is 8.56. The van der Waals surface area contributed by atoms with Crippen LogP contribution in [0, 0.1) is 0 Å². The van der Waals surface area contributed by atoms with Crippen LogP contribution in [0.15, 0.2) is 91.2 Å². The summed E-state index contributed by atoms with van der Waals surface area (Å²) in [6, 6.07) is 19.5. The molecule has 0 spiro atoms. The topological polar surface area (TPSA) is 89.6 Å². The van der Waals surface area contributed by atoms with Crippen LogP contribution >= 0.6 is 0 Å². The van der Waals surface area contributed by atoms with Gasteiger partial charge in [-0.15, -0.1) is 0 Å². The van der Waals surface area contributed by atoms with Crippen molar-refractivity contribution in [1.29, 1.82) is 0 Å². The van der Waals surface area contributed by atoms with Gasteiger partial charge in [-0.1, -0.05) is 48.6 Å². The number of methoxy groups -OCH3 is 4. The Morgan fingerprint density at radius 2 is 1.57 bits per heavy atom. The van der Waals surface area contributed by atoms with Gasteiger partial charge in [-0.3, -0.25) is 9.59 Å². The molecule has 1 atom stereocenters. The number of carbonyl (C=O) groups is 2. The molecule has 232 valence electrons. The number of allylic oxidation sites excluding steroid dienone is 2. The summed E-state index contributed by atoms with van der Waals surface area (Å²) in [7, 11) is 6.25. The highest BCUT2D eigenvalue weighted by Crippen LogP contribution is 2.33. The molecule has 0 aromatic heterocycles. The van der Waals surface area contributed by atoms with Crippen molar-refractivity contribution in [2.45, 2.75) is 32.0 Å². The molecule has 0 radical (unpaired) electrons. The van der Waals surface area contributed by atoms with Gasteiger partial charge in [-0.25, -0.2) is 0 Å². The predicted octanol–water partition coefficient (Wildman–Crippen LogP) is 5.27. The number of nitrogens with zero attached hydrogens (tertiary/aromatic N) is 2. The molecule has 3 aromatic carbocycles. The lowest BCUT2D eigenvalue weighted by Crippen LogP contribution is -2.43. The molecule has 4 rings (SSSR count). The highest BCUT2D eigenvalue weighted by molar-refractivity contribution is 5.89. The lowest BCUT2D eigenvalue weighted by atomic mass is 10.0. The Hall–Kier alpha value is -4.92. The second-order valence-electron chi connectivity index (χ2n) is 10.3. The zero-order valence-electron chi connectivity index (χ0n) is 25.8. The van der Waals surface area contributed by atoms with Crippen LogP contribution in [-0.2, 0) is 22.7 Å². The van der Waals surface area contributed by atoms with Crippen molar-refractivity contribution in [3.8, 4) is 23.0 Å². The van der Waals surface area contributed by atoms with Gasteiger partial charge in [-0.2, -0.15) is 0 Å². The molecule has 1 aliphatic rings. The lowest BCUT2D eigenvalue weighted by Gasteiger charge is -2.32. The number of hydrogen-bond acceptors (Lipinski definition) is 7. The largest absolute Gasteiger partial charge is 0.497 e. The quantitative estimate of drug-likeness (QED) is 0.255. The van der Waals surface area contributed by atoms with Gasteiger partial charge in [0.2, 0.25) is 11.8 Å². The number of hydrogen-bond donors (Lipinski definition) is 1. The SMILES string of the molecule is COc1cc(OC)cc(C(C(=O)NCc2ccccc2)N(Cc2ccc(OC)c(OC)c2)C(=O)CCCN2C=CC=CC2)c1. The van der Waals surface area contributed by atoms with Gasteiger partial charge >= 0.3 is 0 Å². The average Bonchev–Trinajstić information content (AvgIpc) is 3.07. The molecule has 9 nitrogen and oxygen atoms in total. The van der Waals surface area contributed by atoms with Crippen molar-refractivity contribution in [3.05, 3.63) is 108 Å². The van der Waals surface area contributed by atoms with Crippen LogP contribution in [0.1, 0.15) is 35.6 Å². The van der Waals surface area contributed by atoms with Crippen molar-refractivity contribution in [2.24, 2.45) is 0 Å². The average molecular weight is 600 g/mol. The van der Waals surface area contributed by atoms with E-state index in [9.17, 15) is 9.59 Å². The molecule has 0 fully saturated rings. The van der Waals surface area contributed by atoms with E-state index in [1.165, 1.54) is 0 Å². The van der Waals surface area contributed by atoms with E-state index in [2.05, 4.69) is 16.3 Å². The van der Waals surface area contributed by atoms with Gasteiger partial charge in [0.15, 0.2) is 11.5 Å². The predicted molar refractivity (Wildman–Crippen MR) is 170 cm³/mol. The molecular formula is C35H41N3O6. The summed E-state index contributed by atoms with van der Waals surface area (Å²) in [5.41, 5.74) is 2.31. The summed E-state index contributed by atoms with van der Waals surface area (Å²) in [6.07, 6.45) is 8.97. The first-order valence-electron chi connectivity index (χ1n) is 14.6. The lowest BCUT2D eigenvalue weighted by molar-refractivity contribution is -0.141. The van der Waals surface area contributed by atoms with Crippen LogP contribution in [0.4, 0.5) is 0 Å². The van der Waals surface area contributed by atoms with Gasteiger partial charge < -0.3 is 34.1 Å². The first-order chi connectivity index (χ1) is 21.4. The fourth-order valence-electron chi connectivity index (χ4n) is 5.09. The Labute approximate surface area is 259 Å². The fourth-order valence-corrected chi connectivity index (χ4v) is 5.09. The van der Waals surface area contributed by atoms with Crippen LogP contribution < -0.4 is 24.3 Å². The van der Waals surface area contributed by atoms with E-state index in [1.807, 2.05) is 60.8 Å². The van der Waals surface area contributed by atoms with Crippen LogP contribution in [0.3, 0.4) is 0 Å². The summed E-state index contributed by atoms with van der Waals surface area (Å²) in [4.78, 5) is 32.1. The van der Waals surface area contributed by atoms with Gasteiger partial charge in [0, 0.05) is 38.7 Å². The third-order valence-electron chi connectivity index (χ3n) is 7.40. The van der Waals surface area contributed by atoms with E-state index < -0.39 is 6.04 Å². The molecule has 1 heterocycles. The maximum atomic E-state index is 14.1. The summed E-state index contributed by atoms with van der Waals surface area (Å²) in [5, 5.41) is 3.06. The van der Waals surface area contributed by atoms with E-state index >= 15 is 0 Å². The first kappa shape index (κ1) is 32.0. The fraction of sp³-hybridized carbons (Fsp3) is 0.314. The summed E-state index contributed by atoms with van der Waals surface area (Å²) in [6.45, 7) is 1.99. The number of rotatable bonds is 15. The second kappa shape index (κ2) is 16.1. The van der Waals surface area contributed by atoms with Gasteiger partial charge in [0.25, 0.3) is 0 Å². The normalized spacial score (nSPS) is 12.8. The molecule has 1 N–H and O–H groups in total. The maximum Gasteiger partial charge on any atom is 0.247 e. The van der Waals surface area contributed by atoms with Crippen molar-refractivity contribution >= 4 is 11.8 Å². The second-order valence-corrected chi connectivity index (χ2v) is 10.3. The number of ether oxygens (including phenoxy) is 4. The molecule has 0 aliphatic carbocycles. The molecule has 1 aliphatic heterocycles. The monoisotopic (exact) mass is 599 g/mol. The Morgan fingerprint density at radius 1 is 0.841 bits per heavy atom. The van der Waals surface area contributed by atoms with Crippen molar-refractivity contribution in [1.82, 2.24) is 15.1 Å². The highest BCUT2D eigenvalue weighted by atomic mass is 16.5. The van der Waals surface area contributed by atoms with E-state index in [0.29, 0.717) is 48.1 Å². The molecular weight excluding hydrogens is 558 g/mol. The summed E-state index contributed by atoms with van der Waals surface area (Å²) < 4.78 is 22.0. The Kier molecular flexibility index (Phi) is 11.7. The highest BCUT2D eigenvalue weighted by Gasteiger charge is 2.32. The Bertz CT molecular complexity index is 1430. The summed E-state index contributed by atoms with van der Waals surface area (Å²) >= 11 is 0. The summed E-state index contributed by atoms with van der Waals surface area (Å²) in [5.74, 6) is 1.68. The van der Waals surface area contributed by atoms with E-state index in [-0.39, 0.29) is 24.8 Å². The minimum Gasteiger partial charge on any atom is -0.497 e. The van der Waals surface area contributed by atoms with E-state index in [0.717, 1.165) is 17.7 Å². The number of nitrogens with one attached hydrogen (secondary N) is 1. The number of carbonyl (C=O) groups excluding carboxylic acids is 2. The van der Waals surface area contributed by atoms with Crippen LogP contribution in [-0.4, -0.2) is 63.1 Å². The molecule has 0 saturated heterocycles. The zero-order valence-corrected chi connectivity index (χ0v) is 25.8. The molecule has 1 unspecified atom stereocenters. The van der Waals surface area contributed by atoms with Gasteiger partial charge in [0.1, 0.15) is 17.5 Å². The van der Waals surface area contributed by atoms with Crippen LogP contribution in [0.25, 0.3) is 0 Å². The molecule has 2 amide bonds. The molecule has 3 aromatic rings. The van der Waals surface area contributed by atoms with Crippen molar-refractivity contribution in [3.63, 3.8) is 0 Å². The van der Waals surface area contributed by atoms with Crippen molar-refractivity contribution < 1.29 is 28.5 Å². The molecule has 0 bridgehead atoms. The van der Waals surface area contributed by atoms with Crippen LogP contribution in [0.5, 0.6) is 23.0 Å². The molecule has 0 saturated carbocycles. The standard InChI is InChI=1S/C35H41N3O6/c1-41-29-21-28(22-30(23-29)42-2)34(35(40)36-24-26-12-7-5-8-13-26)38(25-27-15-16-31(43-3)32(20-27)44-4)33(39)14-11-19-37-17-9-6-10-18-37/h5-10,12-13,15-17,20-23,34H,11,14,18-19,24-25H2,1-4H3,(H,36,40). The Balaban J connectivity index is 1.71. The minimum absolute atomic E-state index is 0.155. The zero-order chi connectivity index (χ0) is 31.3. The number of benzene rings is 3. The van der Waals surface area contributed by atoms with E-state index in [4.69, 9.17) is 18.9 Å². The smallest absolute Gasteiger partial charge is 0.247 e. The first-order valence-corrected chi connectivity index (χ1v) is 14.6. The van der Waals surface area contributed by atoms with E-state index in [1.54, 1.807) is 57.6 Å². The van der Waals surface area contributed by atoms with Gasteiger partial charge in [-0.05, 0) is 59.7 Å².